The lowest BCUT2D eigenvalue weighted by Gasteiger charge is -2.26. The van der Waals surface area contributed by atoms with Gasteiger partial charge in [0.05, 0.1) is 11.7 Å². The minimum absolute atomic E-state index is 0.0333. The van der Waals surface area contributed by atoms with E-state index >= 15 is 0 Å². The molecule has 3 N–H and O–H groups in total. The number of ketones is 3. The Morgan fingerprint density at radius 3 is 2.42 bits per heavy atom. The van der Waals surface area contributed by atoms with Gasteiger partial charge in [-0.25, -0.2) is 4.39 Å². The van der Waals surface area contributed by atoms with Crippen LogP contribution in [0.25, 0.3) is 10.9 Å². The Kier molecular flexibility index (Phi) is 9.79. The molecule has 43 heavy (non-hydrogen) atoms. The molecule has 2 aliphatic carbocycles. The van der Waals surface area contributed by atoms with E-state index in [-0.39, 0.29) is 42.6 Å². The topological polar surface area (TPSA) is 125 Å². The fraction of sp³-hybridized carbons (Fsp3) is 0.441. The van der Waals surface area contributed by atoms with E-state index in [1.807, 2.05) is 30.3 Å². The number of aromatic nitrogens is 1. The SMILES string of the molecule is O=C(NC1CCCCC1)C(=O)[C@H](C[C@@H]1CCCC1=O)NC(=O)[C@@H](CC(=O)c1cc2ccc(F)cc2[nH]1)Cc1ccccc1. The second kappa shape index (κ2) is 13.9. The molecule has 2 amide bonds. The summed E-state index contributed by atoms with van der Waals surface area (Å²) in [6.07, 6.45) is 6.53. The molecule has 2 saturated carbocycles. The number of fused-ring (bicyclic) bond motifs is 1. The number of Topliss-reactive ketones (excluding diaryl/α,β-unsaturated/α-hetero) is 3. The second-order valence-electron chi connectivity index (χ2n) is 12.0. The summed E-state index contributed by atoms with van der Waals surface area (Å²) in [7, 11) is 0. The van der Waals surface area contributed by atoms with Crippen molar-refractivity contribution < 1.29 is 28.4 Å². The molecule has 5 rings (SSSR count). The molecule has 3 aromatic rings. The number of carbonyl (C=O) groups excluding carboxylic acids is 5. The van der Waals surface area contributed by atoms with E-state index in [0.29, 0.717) is 30.2 Å². The Hall–Kier alpha value is -4.14. The minimum atomic E-state index is -1.17. The number of rotatable bonds is 12. The van der Waals surface area contributed by atoms with Gasteiger partial charge in [0.2, 0.25) is 11.7 Å². The first kappa shape index (κ1) is 30.3. The number of amides is 2. The van der Waals surface area contributed by atoms with Crippen molar-refractivity contribution >= 4 is 40.1 Å². The number of nitrogens with one attached hydrogen (secondary N) is 3. The van der Waals surface area contributed by atoms with Crippen molar-refractivity contribution in [2.75, 3.05) is 0 Å². The predicted molar refractivity (Wildman–Crippen MR) is 160 cm³/mol. The maximum atomic E-state index is 13.8. The molecule has 0 saturated heterocycles. The van der Waals surface area contributed by atoms with Crippen LogP contribution >= 0.6 is 0 Å². The molecule has 8 nitrogen and oxygen atoms in total. The Balaban J connectivity index is 1.35. The van der Waals surface area contributed by atoms with Crippen LogP contribution in [0.15, 0.2) is 54.6 Å². The highest BCUT2D eigenvalue weighted by Crippen LogP contribution is 2.27. The molecule has 1 aromatic heterocycles. The van der Waals surface area contributed by atoms with Crippen LogP contribution in [0.4, 0.5) is 4.39 Å². The van der Waals surface area contributed by atoms with E-state index in [2.05, 4.69) is 15.6 Å². The third kappa shape index (κ3) is 7.83. The van der Waals surface area contributed by atoms with Gasteiger partial charge >= 0.3 is 0 Å². The Labute approximate surface area is 250 Å². The van der Waals surface area contributed by atoms with Gasteiger partial charge in [0.25, 0.3) is 5.91 Å². The number of benzene rings is 2. The lowest BCUT2D eigenvalue weighted by molar-refractivity contribution is -0.141. The van der Waals surface area contributed by atoms with Crippen molar-refractivity contribution in [1.29, 1.82) is 0 Å². The third-order valence-electron chi connectivity index (χ3n) is 8.76. The van der Waals surface area contributed by atoms with Crippen LogP contribution in [-0.4, -0.2) is 46.2 Å². The molecule has 2 fully saturated rings. The molecule has 0 spiro atoms. The highest BCUT2D eigenvalue weighted by atomic mass is 19.1. The fourth-order valence-electron chi connectivity index (χ4n) is 6.34. The maximum absolute atomic E-state index is 13.8. The Bertz CT molecular complexity index is 1490. The molecule has 1 heterocycles. The van der Waals surface area contributed by atoms with Gasteiger partial charge in [-0.05, 0) is 68.4 Å². The summed E-state index contributed by atoms with van der Waals surface area (Å²) in [5.41, 5.74) is 1.56. The van der Waals surface area contributed by atoms with Crippen LogP contribution in [0.5, 0.6) is 0 Å². The molecule has 2 aromatic carbocycles. The molecule has 9 heteroatoms. The highest BCUT2D eigenvalue weighted by molar-refractivity contribution is 6.38. The second-order valence-corrected chi connectivity index (χ2v) is 12.0. The summed E-state index contributed by atoms with van der Waals surface area (Å²) in [4.78, 5) is 69.1. The number of carbonyl (C=O) groups is 5. The predicted octanol–water partition coefficient (Wildman–Crippen LogP) is 5.00. The number of aromatic amines is 1. The van der Waals surface area contributed by atoms with Gasteiger partial charge in [-0.2, -0.15) is 0 Å². The summed E-state index contributed by atoms with van der Waals surface area (Å²) in [6.45, 7) is 0. The van der Waals surface area contributed by atoms with Crippen molar-refractivity contribution in [2.45, 2.75) is 82.7 Å². The van der Waals surface area contributed by atoms with E-state index in [4.69, 9.17) is 0 Å². The molecular formula is C34H38FN3O5. The highest BCUT2D eigenvalue weighted by Gasteiger charge is 2.36. The average molecular weight is 588 g/mol. The van der Waals surface area contributed by atoms with Crippen LogP contribution in [0, 0.1) is 17.7 Å². The van der Waals surface area contributed by atoms with E-state index in [1.165, 1.54) is 12.1 Å². The largest absolute Gasteiger partial charge is 0.352 e. The standard InChI is InChI=1S/C34H38FN3O5/c35-25-15-14-22-17-28(37-27(22)20-25)31(40)19-24(16-21-8-3-1-4-9-21)33(42)38-29(18-23-10-7-13-30(23)39)32(41)34(43)36-26-11-5-2-6-12-26/h1,3-4,8-9,14-15,17,20,23-24,26,29,37H,2,5-7,10-13,16,18-19H2,(H,36,43)(H,38,42)/t23-,24+,29-/m0/s1. The monoisotopic (exact) mass is 587 g/mol. The van der Waals surface area contributed by atoms with Gasteiger partial charge in [0, 0.05) is 41.6 Å². The maximum Gasteiger partial charge on any atom is 0.289 e. The first-order valence-corrected chi connectivity index (χ1v) is 15.3. The number of halogens is 1. The van der Waals surface area contributed by atoms with Crippen molar-refractivity contribution in [2.24, 2.45) is 11.8 Å². The first-order valence-electron chi connectivity index (χ1n) is 15.3. The molecule has 0 bridgehead atoms. The van der Waals surface area contributed by atoms with Crippen molar-refractivity contribution in [3.8, 4) is 0 Å². The summed E-state index contributed by atoms with van der Waals surface area (Å²) in [5.74, 6) is -4.04. The third-order valence-corrected chi connectivity index (χ3v) is 8.76. The van der Waals surface area contributed by atoms with Gasteiger partial charge in [-0.1, -0.05) is 49.6 Å². The summed E-state index contributed by atoms with van der Waals surface area (Å²) in [5, 5.41) is 6.29. The lowest BCUT2D eigenvalue weighted by atomic mass is 9.90. The van der Waals surface area contributed by atoms with Crippen molar-refractivity contribution in [3.63, 3.8) is 0 Å². The van der Waals surface area contributed by atoms with Gasteiger partial charge in [0.1, 0.15) is 11.6 Å². The van der Waals surface area contributed by atoms with E-state index < -0.39 is 41.3 Å². The van der Waals surface area contributed by atoms with Crippen LogP contribution in [-0.2, 0) is 25.6 Å². The zero-order valence-electron chi connectivity index (χ0n) is 24.2. The van der Waals surface area contributed by atoms with Crippen molar-refractivity contribution in [1.82, 2.24) is 15.6 Å². The van der Waals surface area contributed by atoms with Crippen LogP contribution in [0.1, 0.15) is 80.3 Å². The quantitative estimate of drug-likeness (QED) is 0.203. The van der Waals surface area contributed by atoms with Crippen LogP contribution < -0.4 is 10.6 Å². The number of hydrogen-bond acceptors (Lipinski definition) is 5. The first-order chi connectivity index (χ1) is 20.8. The minimum Gasteiger partial charge on any atom is -0.352 e. The zero-order valence-corrected chi connectivity index (χ0v) is 24.2. The van der Waals surface area contributed by atoms with Crippen LogP contribution in [0.3, 0.4) is 0 Å². The van der Waals surface area contributed by atoms with E-state index in [9.17, 15) is 28.4 Å². The molecular weight excluding hydrogens is 549 g/mol. The lowest BCUT2D eigenvalue weighted by Crippen LogP contribution is -2.52. The molecule has 2 aliphatic rings. The Morgan fingerprint density at radius 1 is 0.930 bits per heavy atom. The summed E-state index contributed by atoms with van der Waals surface area (Å²) in [6, 6.07) is 13.8. The molecule has 0 unspecified atom stereocenters. The summed E-state index contributed by atoms with van der Waals surface area (Å²) >= 11 is 0. The normalized spacial score (nSPS) is 18.7. The van der Waals surface area contributed by atoms with Crippen LogP contribution in [0.2, 0.25) is 0 Å². The van der Waals surface area contributed by atoms with Gasteiger partial charge in [-0.3, -0.25) is 24.0 Å². The number of hydrogen-bond donors (Lipinski definition) is 3. The van der Waals surface area contributed by atoms with Gasteiger partial charge in [-0.15, -0.1) is 0 Å². The van der Waals surface area contributed by atoms with Crippen molar-refractivity contribution in [3.05, 3.63) is 71.7 Å². The molecule has 0 radical (unpaired) electrons. The molecule has 0 aliphatic heterocycles. The fourth-order valence-corrected chi connectivity index (χ4v) is 6.34. The zero-order chi connectivity index (χ0) is 30.3. The van der Waals surface area contributed by atoms with Gasteiger partial charge < -0.3 is 15.6 Å². The summed E-state index contributed by atoms with van der Waals surface area (Å²) < 4.78 is 13.7. The number of H-pyrrole nitrogens is 1. The van der Waals surface area contributed by atoms with Gasteiger partial charge in [0.15, 0.2) is 5.78 Å². The Morgan fingerprint density at radius 2 is 1.70 bits per heavy atom. The van der Waals surface area contributed by atoms with E-state index in [1.54, 1.807) is 12.1 Å². The molecule has 226 valence electrons. The smallest absolute Gasteiger partial charge is 0.289 e. The molecule has 3 atom stereocenters. The average Bonchev–Trinajstić information content (AvgIpc) is 3.62. The van der Waals surface area contributed by atoms with E-state index in [0.717, 1.165) is 37.7 Å².